The van der Waals surface area contributed by atoms with Gasteiger partial charge in [0, 0.05) is 31.9 Å². The van der Waals surface area contributed by atoms with E-state index in [1.165, 1.54) is 31.3 Å². The van der Waals surface area contributed by atoms with E-state index in [1.54, 1.807) is 37.4 Å². The molecule has 2 heterocycles. The molecule has 0 saturated carbocycles. The molecule has 0 aliphatic carbocycles. The first-order valence-corrected chi connectivity index (χ1v) is 12.6. The number of aromatic amines is 1. The van der Waals surface area contributed by atoms with Gasteiger partial charge in [-0.2, -0.15) is 0 Å². The van der Waals surface area contributed by atoms with Gasteiger partial charge in [-0.1, -0.05) is 23.7 Å². The van der Waals surface area contributed by atoms with E-state index in [0.29, 0.717) is 22.3 Å². The van der Waals surface area contributed by atoms with Crippen molar-refractivity contribution in [1.82, 2.24) is 9.97 Å². The van der Waals surface area contributed by atoms with E-state index in [-0.39, 0.29) is 33.6 Å². The van der Waals surface area contributed by atoms with Crippen molar-refractivity contribution < 1.29 is 28.9 Å². The van der Waals surface area contributed by atoms with Crippen LogP contribution in [0.25, 0.3) is 16.8 Å². The Balaban J connectivity index is 1.75. The number of aliphatic hydroxyl groups is 1. The molecule has 1 fully saturated rings. The summed E-state index contributed by atoms with van der Waals surface area (Å²) in [5.41, 5.74) is 2.70. The molecule has 0 radical (unpaired) electrons. The molecule has 206 valence electrons. The highest BCUT2D eigenvalue weighted by Crippen LogP contribution is 2.44. The number of anilines is 2. The highest BCUT2D eigenvalue weighted by Gasteiger charge is 2.48. The molecule has 1 unspecified atom stereocenters. The van der Waals surface area contributed by atoms with E-state index in [1.807, 2.05) is 31.1 Å². The van der Waals surface area contributed by atoms with Crippen molar-refractivity contribution in [2.75, 3.05) is 45.2 Å². The largest absolute Gasteiger partial charge is 0.507 e. The number of benzene rings is 3. The molecule has 2 N–H and O–H groups in total. The molecule has 11 heteroatoms. The number of carbonyl (C=O) groups is 2. The van der Waals surface area contributed by atoms with Gasteiger partial charge in [-0.05, 0) is 35.9 Å². The van der Waals surface area contributed by atoms with Crippen molar-refractivity contribution in [1.29, 1.82) is 0 Å². The predicted octanol–water partition coefficient (Wildman–Crippen LogP) is 4.93. The van der Waals surface area contributed by atoms with E-state index < -0.39 is 23.5 Å². The quantitative estimate of drug-likeness (QED) is 0.185. The second kappa shape index (κ2) is 10.5. The van der Waals surface area contributed by atoms with E-state index in [9.17, 15) is 14.7 Å². The average molecular weight is 563 g/mol. The third kappa shape index (κ3) is 4.46. The van der Waals surface area contributed by atoms with E-state index in [2.05, 4.69) is 9.97 Å². The SMILES string of the molecule is COc1ccc2nc(N3C(=O)C(=O)/C(=C(/O)c4cc(OC)c(Cl)cc4OC)C3c3ccc(N(C)C)cc3)[nH]c2c1. The van der Waals surface area contributed by atoms with Crippen LogP contribution in [-0.2, 0) is 9.59 Å². The summed E-state index contributed by atoms with van der Waals surface area (Å²) in [4.78, 5) is 38.1. The van der Waals surface area contributed by atoms with Crippen LogP contribution in [0.4, 0.5) is 11.6 Å². The first-order valence-electron chi connectivity index (χ1n) is 12.2. The van der Waals surface area contributed by atoms with E-state index in [0.717, 1.165) is 5.69 Å². The van der Waals surface area contributed by atoms with Crippen molar-refractivity contribution in [2.24, 2.45) is 0 Å². The third-order valence-corrected chi connectivity index (χ3v) is 7.10. The second-order valence-corrected chi connectivity index (χ2v) is 9.69. The molecule has 1 aliphatic rings. The standard InChI is InChI=1S/C29H27ClN4O6/c1-33(2)16-8-6-15(7-9-16)25-24(26(35)18-13-23(40-5)19(30)14-22(18)39-4)27(36)28(37)34(25)29-31-20-11-10-17(38-3)12-21(20)32-29/h6-14,25,35H,1-5H3,(H,31,32)/b26-24+. The lowest BCUT2D eigenvalue weighted by Crippen LogP contribution is -2.30. The Morgan fingerprint density at radius 3 is 2.30 bits per heavy atom. The second-order valence-electron chi connectivity index (χ2n) is 9.29. The van der Waals surface area contributed by atoms with Gasteiger partial charge in [0.15, 0.2) is 0 Å². The lowest BCUT2D eigenvalue weighted by Gasteiger charge is -2.24. The number of nitrogens with one attached hydrogen (secondary N) is 1. The number of aromatic nitrogens is 2. The summed E-state index contributed by atoms with van der Waals surface area (Å²) < 4.78 is 16.1. The van der Waals surface area contributed by atoms with Crippen LogP contribution in [0.1, 0.15) is 17.2 Å². The van der Waals surface area contributed by atoms with Crippen LogP contribution in [0.15, 0.2) is 60.2 Å². The number of amides is 1. The summed E-state index contributed by atoms with van der Waals surface area (Å²) >= 11 is 6.27. The molecule has 1 aromatic heterocycles. The number of ether oxygens (including phenoxy) is 3. The Morgan fingerprint density at radius 1 is 0.975 bits per heavy atom. The fourth-order valence-corrected chi connectivity index (χ4v) is 4.96. The molecule has 0 bridgehead atoms. The summed E-state index contributed by atoms with van der Waals surface area (Å²) in [5.74, 6) is -0.964. The Morgan fingerprint density at radius 2 is 1.68 bits per heavy atom. The molecule has 10 nitrogen and oxygen atoms in total. The van der Waals surface area contributed by atoms with Crippen LogP contribution >= 0.6 is 11.6 Å². The van der Waals surface area contributed by atoms with Gasteiger partial charge in [0.25, 0.3) is 5.78 Å². The van der Waals surface area contributed by atoms with Crippen LogP contribution in [0.5, 0.6) is 17.2 Å². The fourth-order valence-electron chi connectivity index (χ4n) is 4.73. The van der Waals surface area contributed by atoms with Crippen LogP contribution < -0.4 is 24.0 Å². The van der Waals surface area contributed by atoms with Crippen molar-refractivity contribution in [3.05, 3.63) is 76.3 Å². The smallest absolute Gasteiger partial charge is 0.302 e. The minimum atomic E-state index is -1.01. The number of nitrogens with zero attached hydrogens (tertiary/aromatic N) is 3. The number of fused-ring (bicyclic) bond motifs is 1. The lowest BCUT2D eigenvalue weighted by atomic mass is 9.94. The van der Waals surface area contributed by atoms with E-state index >= 15 is 0 Å². The minimum absolute atomic E-state index is 0.136. The summed E-state index contributed by atoms with van der Waals surface area (Å²) in [5, 5.41) is 11.9. The van der Waals surface area contributed by atoms with Gasteiger partial charge in [0.2, 0.25) is 5.95 Å². The third-order valence-electron chi connectivity index (χ3n) is 6.80. The van der Waals surface area contributed by atoms with Crippen molar-refractivity contribution in [2.45, 2.75) is 6.04 Å². The molecule has 1 aliphatic heterocycles. The zero-order chi connectivity index (χ0) is 28.7. The molecule has 5 rings (SSSR count). The number of hydrogen-bond donors (Lipinski definition) is 2. The van der Waals surface area contributed by atoms with Crippen molar-refractivity contribution >= 4 is 51.7 Å². The number of hydrogen-bond acceptors (Lipinski definition) is 8. The molecule has 40 heavy (non-hydrogen) atoms. The van der Waals surface area contributed by atoms with Gasteiger partial charge < -0.3 is 29.2 Å². The fraction of sp³-hybridized carbons (Fsp3) is 0.207. The Hall–Kier alpha value is -4.70. The summed E-state index contributed by atoms with van der Waals surface area (Å²) in [6, 6.07) is 14.5. The van der Waals surface area contributed by atoms with Crippen LogP contribution in [0, 0.1) is 0 Å². The van der Waals surface area contributed by atoms with Gasteiger partial charge in [-0.3, -0.25) is 14.5 Å². The number of halogens is 1. The van der Waals surface area contributed by atoms with Crippen LogP contribution in [0.2, 0.25) is 5.02 Å². The number of rotatable bonds is 7. The first kappa shape index (κ1) is 26.9. The number of ketones is 1. The number of H-pyrrole nitrogens is 1. The first-order chi connectivity index (χ1) is 19.2. The molecular formula is C29H27ClN4O6. The normalized spacial score (nSPS) is 16.4. The summed E-state index contributed by atoms with van der Waals surface area (Å²) in [7, 11) is 8.20. The van der Waals surface area contributed by atoms with Gasteiger partial charge in [-0.15, -0.1) is 0 Å². The minimum Gasteiger partial charge on any atom is -0.507 e. The average Bonchev–Trinajstić information content (AvgIpc) is 3.49. The maximum Gasteiger partial charge on any atom is 0.302 e. The summed E-state index contributed by atoms with van der Waals surface area (Å²) in [6.45, 7) is 0. The maximum atomic E-state index is 13.6. The lowest BCUT2D eigenvalue weighted by molar-refractivity contribution is -0.132. The van der Waals surface area contributed by atoms with Crippen LogP contribution in [-0.4, -0.2) is 62.2 Å². The topological polar surface area (TPSA) is 117 Å². The Kier molecular flexibility index (Phi) is 7.03. The molecular weight excluding hydrogens is 536 g/mol. The number of carbonyl (C=O) groups excluding carboxylic acids is 2. The maximum absolute atomic E-state index is 13.6. The van der Waals surface area contributed by atoms with Crippen LogP contribution in [0.3, 0.4) is 0 Å². The zero-order valence-corrected chi connectivity index (χ0v) is 23.2. The summed E-state index contributed by atoms with van der Waals surface area (Å²) in [6.07, 6.45) is 0. The Labute approximate surface area is 235 Å². The molecule has 1 atom stereocenters. The van der Waals surface area contributed by atoms with Gasteiger partial charge >= 0.3 is 5.91 Å². The molecule has 0 spiro atoms. The molecule has 1 saturated heterocycles. The number of methoxy groups -OCH3 is 3. The monoisotopic (exact) mass is 562 g/mol. The Bertz CT molecular complexity index is 1660. The van der Waals surface area contributed by atoms with Crippen molar-refractivity contribution in [3.63, 3.8) is 0 Å². The van der Waals surface area contributed by atoms with E-state index in [4.69, 9.17) is 25.8 Å². The molecule has 4 aromatic rings. The van der Waals surface area contributed by atoms with Gasteiger partial charge in [0.05, 0.1) is 54.6 Å². The molecule has 3 aromatic carbocycles. The number of imidazole rings is 1. The highest BCUT2D eigenvalue weighted by molar-refractivity contribution is 6.51. The highest BCUT2D eigenvalue weighted by atomic mass is 35.5. The van der Waals surface area contributed by atoms with Gasteiger partial charge in [-0.25, -0.2) is 4.98 Å². The predicted molar refractivity (Wildman–Crippen MR) is 153 cm³/mol. The van der Waals surface area contributed by atoms with Gasteiger partial charge in [0.1, 0.15) is 23.0 Å². The number of aliphatic hydroxyl groups excluding tert-OH is 1. The molecule has 1 amide bonds. The number of Topliss-reactive ketones (excluding diaryl/α,β-unsaturated/α-hetero) is 1. The van der Waals surface area contributed by atoms with Crippen molar-refractivity contribution in [3.8, 4) is 17.2 Å². The zero-order valence-electron chi connectivity index (χ0n) is 22.5.